The van der Waals surface area contributed by atoms with Crippen molar-refractivity contribution < 1.29 is 13.2 Å². The molecule has 1 amide bonds. The van der Waals surface area contributed by atoms with E-state index in [1.165, 1.54) is 0 Å². The van der Waals surface area contributed by atoms with Gasteiger partial charge in [0, 0.05) is 23.8 Å². The van der Waals surface area contributed by atoms with Crippen molar-refractivity contribution in [2.45, 2.75) is 26.7 Å². The number of hydrogen-bond acceptors (Lipinski definition) is 3. The number of nitrogens with one attached hydrogen (secondary N) is 1. The van der Waals surface area contributed by atoms with Crippen molar-refractivity contribution in [1.82, 2.24) is 0 Å². The van der Waals surface area contributed by atoms with Crippen molar-refractivity contribution >= 4 is 43.2 Å². The number of amides is 1. The van der Waals surface area contributed by atoms with Crippen LogP contribution in [0, 0.1) is 5.92 Å². The van der Waals surface area contributed by atoms with Gasteiger partial charge in [-0.05, 0) is 36.6 Å². The maximum atomic E-state index is 12.2. The third kappa shape index (κ3) is 3.77. The first-order chi connectivity index (χ1) is 9.84. The van der Waals surface area contributed by atoms with E-state index in [0.717, 1.165) is 30.6 Å². The minimum Gasteiger partial charge on any atom is -0.312 e. The van der Waals surface area contributed by atoms with Crippen LogP contribution in [0.15, 0.2) is 18.2 Å². The van der Waals surface area contributed by atoms with E-state index in [4.69, 9.17) is 0 Å². The molecule has 1 aliphatic heterocycles. The molecule has 0 saturated carbocycles. The van der Waals surface area contributed by atoms with Crippen LogP contribution < -0.4 is 9.62 Å². The lowest BCUT2D eigenvalue weighted by molar-refractivity contribution is -0.121. The van der Waals surface area contributed by atoms with E-state index < -0.39 is 10.0 Å². The molecule has 116 valence electrons. The van der Waals surface area contributed by atoms with Gasteiger partial charge in [0.2, 0.25) is 15.9 Å². The van der Waals surface area contributed by atoms with Crippen LogP contribution >= 0.6 is 15.9 Å². The molecule has 0 unspecified atom stereocenters. The molecule has 0 aliphatic carbocycles. The number of nitrogens with zero attached hydrogens (tertiary/aromatic N) is 1. The quantitative estimate of drug-likeness (QED) is 0.823. The zero-order valence-corrected chi connectivity index (χ0v) is 14.5. The first-order valence-corrected chi connectivity index (χ1v) is 9.62. The van der Waals surface area contributed by atoms with Gasteiger partial charge in [0.25, 0.3) is 0 Å². The highest BCUT2D eigenvalue weighted by atomic mass is 79.9. The van der Waals surface area contributed by atoms with E-state index in [2.05, 4.69) is 20.7 Å². The maximum absolute atomic E-state index is 12.2. The predicted octanol–water partition coefficient (Wildman–Crippen LogP) is 2.72. The Hall–Kier alpha value is -1.08. The number of aryl methyl sites for hydroxylation is 1. The lowest BCUT2D eigenvalue weighted by atomic mass is 9.99. The molecule has 0 fully saturated rings. The summed E-state index contributed by atoms with van der Waals surface area (Å²) in [6.07, 6.45) is 1.74. The summed E-state index contributed by atoms with van der Waals surface area (Å²) in [7, 11) is -3.36. The molecular weight excluding hydrogens is 356 g/mol. The highest BCUT2D eigenvalue weighted by molar-refractivity contribution is 9.10. The van der Waals surface area contributed by atoms with Crippen LogP contribution in [0.3, 0.4) is 0 Å². The maximum Gasteiger partial charge on any atom is 0.242 e. The molecule has 5 nitrogen and oxygen atoms in total. The second-order valence-corrected chi connectivity index (χ2v) is 8.44. The predicted molar refractivity (Wildman–Crippen MR) is 88.3 cm³/mol. The molecule has 1 aromatic rings. The number of hydrogen-bond donors (Lipinski definition) is 1. The Kier molecular flexibility index (Phi) is 4.93. The Bertz CT molecular complexity index is 644. The van der Waals surface area contributed by atoms with Gasteiger partial charge < -0.3 is 4.90 Å². The molecule has 1 heterocycles. The van der Waals surface area contributed by atoms with Gasteiger partial charge in [0.05, 0.1) is 0 Å². The number of carbonyl (C=O) groups is 1. The van der Waals surface area contributed by atoms with Gasteiger partial charge in [-0.2, -0.15) is 0 Å². The zero-order chi connectivity index (χ0) is 15.6. The van der Waals surface area contributed by atoms with Crippen molar-refractivity contribution in [1.29, 1.82) is 0 Å². The van der Waals surface area contributed by atoms with Crippen LogP contribution in [0.1, 0.15) is 25.8 Å². The topological polar surface area (TPSA) is 66.5 Å². The summed E-state index contributed by atoms with van der Waals surface area (Å²) in [5, 5.41) is 0. The fourth-order valence-electron chi connectivity index (χ4n) is 2.41. The van der Waals surface area contributed by atoms with E-state index in [1.54, 1.807) is 11.0 Å². The lowest BCUT2D eigenvalue weighted by Crippen LogP contribution is -2.38. The summed E-state index contributed by atoms with van der Waals surface area (Å²) < 4.78 is 25.5. The summed E-state index contributed by atoms with van der Waals surface area (Å²) in [5.74, 6) is 0.0484. The van der Waals surface area contributed by atoms with Crippen molar-refractivity contribution in [3.8, 4) is 0 Å². The molecule has 0 atom stereocenters. The SMILES string of the molecule is CC(C)C(=O)N1CCCc2cc(NS(=O)(=O)CBr)ccc21. The van der Waals surface area contributed by atoms with Gasteiger partial charge in [0.1, 0.15) is 4.66 Å². The normalized spacial score (nSPS) is 15.0. The fraction of sp³-hybridized carbons (Fsp3) is 0.500. The van der Waals surface area contributed by atoms with Gasteiger partial charge >= 0.3 is 0 Å². The molecule has 2 rings (SSSR count). The molecule has 0 radical (unpaired) electrons. The number of benzene rings is 1. The van der Waals surface area contributed by atoms with Gasteiger partial charge in [0.15, 0.2) is 0 Å². The largest absolute Gasteiger partial charge is 0.312 e. The molecule has 1 aromatic carbocycles. The smallest absolute Gasteiger partial charge is 0.242 e. The molecule has 0 saturated heterocycles. The average Bonchev–Trinajstić information content (AvgIpc) is 2.45. The minimum absolute atomic E-state index is 0.0532. The van der Waals surface area contributed by atoms with Crippen LogP contribution in [0.4, 0.5) is 11.4 Å². The van der Waals surface area contributed by atoms with Crippen molar-refractivity contribution in [2.24, 2.45) is 5.92 Å². The van der Waals surface area contributed by atoms with Crippen molar-refractivity contribution in [3.05, 3.63) is 23.8 Å². The number of fused-ring (bicyclic) bond motifs is 1. The third-order valence-electron chi connectivity index (χ3n) is 3.38. The van der Waals surface area contributed by atoms with Crippen LogP contribution in [-0.4, -0.2) is 25.5 Å². The first-order valence-electron chi connectivity index (χ1n) is 6.85. The number of alkyl halides is 1. The number of anilines is 2. The Morgan fingerprint density at radius 2 is 2.14 bits per heavy atom. The van der Waals surface area contributed by atoms with Gasteiger partial charge in [-0.1, -0.05) is 29.8 Å². The fourth-order valence-corrected chi connectivity index (χ4v) is 3.29. The number of halogens is 1. The highest BCUT2D eigenvalue weighted by Gasteiger charge is 2.24. The summed E-state index contributed by atoms with van der Waals surface area (Å²) in [4.78, 5) is 14.0. The third-order valence-corrected chi connectivity index (χ3v) is 6.02. The summed E-state index contributed by atoms with van der Waals surface area (Å²) in [5.41, 5.74) is 2.43. The number of carbonyl (C=O) groups excluding carboxylic acids is 1. The molecule has 1 aliphatic rings. The molecule has 0 aromatic heterocycles. The molecule has 7 heteroatoms. The Morgan fingerprint density at radius 3 is 2.76 bits per heavy atom. The number of sulfonamides is 1. The summed E-state index contributed by atoms with van der Waals surface area (Å²) >= 11 is 2.94. The van der Waals surface area contributed by atoms with Crippen LogP contribution in [0.5, 0.6) is 0 Å². The van der Waals surface area contributed by atoms with E-state index in [1.807, 2.05) is 26.0 Å². The van der Waals surface area contributed by atoms with Gasteiger partial charge in [-0.15, -0.1) is 0 Å². The molecule has 0 spiro atoms. The van der Waals surface area contributed by atoms with Crippen LogP contribution in [-0.2, 0) is 21.2 Å². The minimum atomic E-state index is -3.36. The lowest BCUT2D eigenvalue weighted by Gasteiger charge is -2.31. The Labute approximate surface area is 133 Å². The number of rotatable bonds is 4. The van der Waals surface area contributed by atoms with Crippen LogP contribution in [0.2, 0.25) is 0 Å². The summed E-state index contributed by atoms with van der Waals surface area (Å²) in [6, 6.07) is 5.33. The van der Waals surface area contributed by atoms with Gasteiger partial charge in [-0.25, -0.2) is 8.42 Å². The van der Waals surface area contributed by atoms with E-state index in [9.17, 15) is 13.2 Å². The van der Waals surface area contributed by atoms with E-state index in [0.29, 0.717) is 5.69 Å². The monoisotopic (exact) mass is 374 g/mol. The summed E-state index contributed by atoms with van der Waals surface area (Å²) in [6.45, 7) is 4.49. The Morgan fingerprint density at radius 1 is 1.43 bits per heavy atom. The van der Waals surface area contributed by atoms with E-state index >= 15 is 0 Å². The second kappa shape index (κ2) is 6.36. The second-order valence-electron chi connectivity index (χ2n) is 5.42. The Balaban J connectivity index is 2.31. The highest BCUT2D eigenvalue weighted by Crippen LogP contribution is 2.31. The molecule has 1 N–H and O–H groups in total. The van der Waals surface area contributed by atoms with Crippen LogP contribution in [0.25, 0.3) is 0 Å². The molecule has 21 heavy (non-hydrogen) atoms. The molecular formula is C14H19BrN2O3S. The molecule has 0 bridgehead atoms. The average molecular weight is 375 g/mol. The van der Waals surface area contributed by atoms with Crippen molar-refractivity contribution in [2.75, 3.05) is 20.8 Å². The van der Waals surface area contributed by atoms with Crippen molar-refractivity contribution in [3.63, 3.8) is 0 Å². The standard InChI is InChI=1S/C14H19BrN2O3S/c1-10(2)14(18)17-7-3-4-11-8-12(5-6-13(11)17)16-21(19,20)9-15/h5-6,8,10,16H,3-4,7,9H2,1-2H3. The zero-order valence-electron chi connectivity index (χ0n) is 12.1. The first kappa shape index (κ1) is 16.3. The van der Waals surface area contributed by atoms with Gasteiger partial charge in [-0.3, -0.25) is 9.52 Å². The van der Waals surface area contributed by atoms with E-state index in [-0.39, 0.29) is 16.5 Å².